The van der Waals surface area contributed by atoms with Crippen molar-refractivity contribution in [3.05, 3.63) is 40.7 Å². The Balaban J connectivity index is 2.51. The van der Waals surface area contributed by atoms with Crippen LogP contribution in [0, 0.1) is 6.92 Å². The van der Waals surface area contributed by atoms with E-state index in [1.54, 1.807) is 0 Å². The number of nitrogens with zero attached hydrogens (tertiary/aromatic N) is 2. The van der Waals surface area contributed by atoms with Gasteiger partial charge in [0.25, 0.3) is 0 Å². The number of rotatable bonds is 4. The summed E-state index contributed by atoms with van der Waals surface area (Å²) in [6, 6.07) is 5.82. The lowest BCUT2D eigenvalue weighted by Crippen LogP contribution is -2.02. The molecule has 0 saturated heterocycles. The minimum atomic E-state index is 0.505. The number of benzene rings is 1. The minimum absolute atomic E-state index is 0.505. The molecule has 2 aromatic rings. The molecule has 2 N–H and O–H groups in total. The van der Waals surface area contributed by atoms with E-state index in [0.717, 1.165) is 40.4 Å². The Labute approximate surface area is 113 Å². The average molecular weight is 264 g/mol. The van der Waals surface area contributed by atoms with Crippen molar-refractivity contribution in [2.45, 2.75) is 33.4 Å². The van der Waals surface area contributed by atoms with E-state index in [9.17, 15) is 0 Å². The highest BCUT2D eigenvalue weighted by Gasteiger charge is 2.11. The summed E-state index contributed by atoms with van der Waals surface area (Å²) < 4.78 is 2.02. The summed E-state index contributed by atoms with van der Waals surface area (Å²) in [7, 11) is 0. The smallest absolute Gasteiger partial charge is 0.0571 e. The fraction of sp³-hybridized carbons (Fsp3) is 0.357. The molecule has 0 bridgehead atoms. The molecular formula is C14H18ClN3. The molecule has 0 aliphatic rings. The third kappa shape index (κ3) is 2.42. The summed E-state index contributed by atoms with van der Waals surface area (Å²) in [4.78, 5) is 0. The molecule has 0 radical (unpaired) electrons. The molecule has 1 aromatic carbocycles. The molecule has 2 rings (SSSR count). The minimum Gasteiger partial charge on any atom is -0.326 e. The molecule has 0 aliphatic heterocycles. The van der Waals surface area contributed by atoms with Crippen LogP contribution in [0.1, 0.15) is 24.6 Å². The number of hydrogen-bond acceptors (Lipinski definition) is 2. The van der Waals surface area contributed by atoms with Crippen LogP contribution in [-0.2, 0) is 13.1 Å². The maximum Gasteiger partial charge on any atom is 0.0571 e. The molecule has 4 heteroatoms. The molecule has 3 nitrogen and oxygen atoms in total. The number of aromatic nitrogens is 2. The van der Waals surface area contributed by atoms with E-state index in [1.807, 2.05) is 29.1 Å². The van der Waals surface area contributed by atoms with Crippen LogP contribution < -0.4 is 5.73 Å². The van der Waals surface area contributed by atoms with E-state index in [1.165, 1.54) is 0 Å². The van der Waals surface area contributed by atoms with Crippen LogP contribution >= 0.6 is 11.6 Å². The fourth-order valence-corrected chi connectivity index (χ4v) is 2.30. The number of hydrogen-bond donors (Lipinski definition) is 1. The van der Waals surface area contributed by atoms with Crippen molar-refractivity contribution in [1.29, 1.82) is 0 Å². The monoisotopic (exact) mass is 263 g/mol. The van der Waals surface area contributed by atoms with Gasteiger partial charge in [0, 0.05) is 29.4 Å². The van der Waals surface area contributed by atoms with Crippen molar-refractivity contribution in [1.82, 2.24) is 9.78 Å². The van der Waals surface area contributed by atoms with E-state index in [0.29, 0.717) is 6.54 Å². The van der Waals surface area contributed by atoms with Crippen LogP contribution in [0.15, 0.2) is 24.4 Å². The Morgan fingerprint density at radius 1 is 1.33 bits per heavy atom. The number of aryl methyl sites for hydroxylation is 1. The summed E-state index contributed by atoms with van der Waals surface area (Å²) >= 11 is 6.08. The second kappa shape index (κ2) is 5.55. The molecule has 0 atom stereocenters. The first-order valence-electron chi connectivity index (χ1n) is 6.18. The normalized spacial score (nSPS) is 10.9. The Morgan fingerprint density at radius 2 is 2.11 bits per heavy atom. The molecular weight excluding hydrogens is 246 g/mol. The van der Waals surface area contributed by atoms with Crippen LogP contribution in [0.2, 0.25) is 5.02 Å². The molecule has 0 spiro atoms. The Morgan fingerprint density at radius 3 is 2.78 bits per heavy atom. The zero-order chi connectivity index (χ0) is 13.1. The average Bonchev–Trinajstić information content (AvgIpc) is 2.72. The molecule has 0 unspecified atom stereocenters. The third-order valence-electron chi connectivity index (χ3n) is 3.12. The zero-order valence-corrected chi connectivity index (χ0v) is 11.5. The van der Waals surface area contributed by atoms with Crippen LogP contribution in [0.5, 0.6) is 0 Å². The van der Waals surface area contributed by atoms with Crippen LogP contribution in [0.25, 0.3) is 11.1 Å². The highest BCUT2D eigenvalue weighted by atomic mass is 35.5. The molecule has 96 valence electrons. The molecule has 0 fully saturated rings. The second-order valence-corrected chi connectivity index (χ2v) is 4.81. The van der Waals surface area contributed by atoms with Gasteiger partial charge in [0.05, 0.1) is 6.20 Å². The quantitative estimate of drug-likeness (QED) is 0.919. The van der Waals surface area contributed by atoms with Crippen molar-refractivity contribution in [2.24, 2.45) is 5.73 Å². The zero-order valence-electron chi connectivity index (χ0n) is 10.8. The summed E-state index contributed by atoms with van der Waals surface area (Å²) in [6.45, 7) is 5.67. The van der Waals surface area contributed by atoms with E-state index in [4.69, 9.17) is 17.3 Å². The molecule has 18 heavy (non-hydrogen) atoms. The third-order valence-corrected chi connectivity index (χ3v) is 3.36. The van der Waals surface area contributed by atoms with Gasteiger partial charge in [0.1, 0.15) is 0 Å². The second-order valence-electron chi connectivity index (χ2n) is 4.37. The van der Waals surface area contributed by atoms with Crippen molar-refractivity contribution < 1.29 is 0 Å². The van der Waals surface area contributed by atoms with Crippen molar-refractivity contribution in [2.75, 3.05) is 0 Å². The van der Waals surface area contributed by atoms with Gasteiger partial charge in [0.15, 0.2) is 0 Å². The van der Waals surface area contributed by atoms with Crippen LogP contribution in [0.4, 0.5) is 0 Å². The van der Waals surface area contributed by atoms with Gasteiger partial charge < -0.3 is 5.73 Å². The first kappa shape index (κ1) is 13.1. The van der Waals surface area contributed by atoms with Crippen LogP contribution in [0.3, 0.4) is 0 Å². The lowest BCUT2D eigenvalue weighted by molar-refractivity contribution is 0.587. The van der Waals surface area contributed by atoms with Gasteiger partial charge in [-0.1, -0.05) is 24.6 Å². The largest absolute Gasteiger partial charge is 0.326 e. The van der Waals surface area contributed by atoms with Crippen molar-refractivity contribution in [3.63, 3.8) is 0 Å². The summed E-state index contributed by atoms with van der Waals surface area (Å²) in [5.41, 5.74) is 10.2. The first-order valence-corrected chi connectivity index (χ1v) is 6.56. The Bertz CT molecular complexity index is 546. The first-order chi connectivity index (χ1) is 8.67. The van der Waals surface area contributed by atoms with Crippen molar-refractivity contribution in [3.8, 4) is 11.1 Å². The lowest BCUT2D eigenvalue weighted by atomic mass is 10.0. The van der Waals surface area contributed by atoms with E-state index < -0.39 is 0 Å². The van der Waals surface area contributed by atoms with Gasteiger partial charge in [-0.15, -0.1) is 0 Å². The van der Waals surface area contributed by atoms with Gasteiger partial charge in [0.2, 0.25) is 0 Å². The van der Waals surface area contributed by atoms with Gasteiger partial charge in [-0.25, -0.2) is 0 Å². The topological polar surface area (TPSA) is 43.8 Å². The fourth-order valence-electron chi connectivity index (χ4n) is 2.13. The predicted molar refractivity (Wildman–Crippen MR) is 75.6 cm³/mol. The van der Waals surface area contributed by atoms with E-state index >= 15 is 0 Å². The van der Waals surface area contributed by atoms with Gasteiger partial charge in [-0.2, -0.15) is 5.10 Å². The molecule has 0 aliphatic carbocycles. The Hall–Kier alpha value is -1.32. The SMILES string of the molecule is CCCn1ncc(-c2cc(Cl)ccc2CN)c1C. The highest BCUT2D eigenvalue weighted by molar-refractivity contribution is 6.30. The van der Waals surface area contributed by atoms with Gasteiger partial charge in [-0.3, -0.25) is 4.68 Å². The standard InChI is InChI=1S/C14H18ClN3/c1-3-6-18-10(2)14(9-17-18)13-7-12(15)5-4-11(13)8-16/h4-5,7,9H,3,6,8,16H2,1-2H3. The Kier molecular flexibility index (Phi) is 4.04. The maximum absolute atomic E-state index is 6.08. The molecule has 0 amide bonds. The van der Waals surface area contributed by atoms with Crippen LogP contribution in [-0.4, -0.2) is 9.78 Å². The highest BCUT2D eigenvalue weighted by Crippen LogP contribution is 2.29. The summed E-state index contributed by atoms with van der Waals surface area (Å²) in [5, 5.41) is 5.15. The molecule has 1 heterocycles. The molecule has 1 aromatic heterocycles. The predicted octanol–water partition coefficient (Wildman–Crippen LogP) is 3.38. The maximum atomic E-state index is 6.08. The summed E-state index contributed by atoms with van der Waals surface area (Å²) in [6.07, 6.45) is 2.97. The van der Waals surface area contributed by atoms with Gasteiger partial charge >= 0.3 is 0 Å². The number of halogens is 1. The van der Waals surface area contributed by atoms with E-state index in [-0.39, 0.29) is 0 Å². The van der Waals surface area contributed by atoms with E-state index in [2.05, 4.69) is 18.9 Å². The van der Waals surface area contributed by atoms with Crippen molar-refractivity contribution >= 4 is 11.6 Å². The number of nitrogens with two attached hydrogens (primary N) is 1. The summed E-state index contributed by atoms with van der Waals surface area (Å²) in [5.74, 6) is 0. The lowest BCUT2D eigenvalue weighted by Gasteiger charge is -2.09. The van der Waals surface area contributed by atoms with Gasteiger partial charge in [-0.05, 0) is 36.6 Å². The molecule has 0 saturated carbocycles.